The summed E-state index contributed by atoms with van der Waals surface area (Å²) in [5, 5.41) is 0. The molecule has 2 N–H and O–H groups in total. The molecule has 0 unspecified atom stereocenters. The zero-order valence-electron chi connectivity index (χ0n) is 9.43. The monoisotopic (exact) mass is 249 g/mol. The normalized spacial score (nSPS) is 26.6. The van der Waals surface area contributed by atoms with Crippen molar-refractivity contribution < 1.29 is 9.53 Å². The number of halogens is 1. The van der Waals surface area contributed by atoms with Crippen LogP contribution in [0.25, 0.3) is 0 Å². The zero-order valence-corrected chi connectivity index (χ0v) is 10.2. The van der Waals surface area contributed by atoms with Crippen molar-refractivity contribution in [3.8, 4) is 0 Å². The van der Waals surface area contributed by atoms with Gasteiger partial charge in [0.15, 0.2) is 0 Å². The van der Waals surface area contributed by atoms with Crippen molar-refractivity contribution in [2.24, 2.45) is 5.73 Å². The van der Waals surface area contributed by atoms with Gasteiger partial charge in [0.1, 0.15) is 0 Å². The number of nitrogens with two attached hydrogens (primary N) is 1. The van der Waals surface area contributed by atoms with E-state index in [1.165, 1.54) is 0 Å². The standard InChI is InChI=1S/C10H19N3O2.ClH/c11-9-1-2-12(7-9)8-10(14)13-3-5-15-6-4-13;/h9H,1-8,11H2;1H/t9-;/m0./s1. The highest BCUT2D eigenvalue weighted by Gasteiger charge is 2.24. The molecule has 6 heteroatoms. The van der Waals surface area contributed by atoms with Gasteiger partial charge in [0, 0.05) is 32.2 Å². The number of morpholine rings is 1. The second-order valence-corrected chi connectivity index (χ2v) is 4.28. The van der Waals surface area contributed by atoms with Crippen LogP contribution in [0.1, 0.15) is 6.42 Å². The first-order valence-corrected chi connectivity index (χ1v) is 5.59. The van der Waals surface area contributed by atoms with Crippen molar-refractivity contribution >= 4 is 18.3 Å². The first kappa shape index (κ1) is 13.7. The van der Waals surface area contributed by atoms with Crippen molar-refractivity contribution in [1.29, 1.82) is 0 Å². The number of hydrogen-bond acceptors (Lipinski definition) is 4. The maximum atomic E-state index is 11.8. The van der Waals surface area contributed by atoms with Gasteiger partial charge in [-0.2, -0.15) is 0 Å². The van der Waals surface area contributed by atoms with E-state index in [2.05, 4.69) is 4.90 Å². The van der Waals surface area contributed by atoms with Crippen LogP contribution in [0.5, 0.6) is 0 Å². The number of hydrogen-bond donors (Lipinski definition) is 1. The maximum Gasteiger partial charge on any atom is 0.236 e. The molecule has 2 aliphatic heterocycles. The quantitative estimate of drug-likeness (QED) is 0.703. The van der Waals surface area contributed by atoms with E-state index in [0.29, 0.717) is 19.8 Å². The fourth-order valence-electron chi connectivity index (χ4n) is 2.11. The lowest BCUT2D eigenvalue weighted by atomic mass is 10.3. The van der Waals surface area contributed by atoms with Gasteiger partial charge >= 0.3 is 0 Å². The Morgan fingerprint density at radius 1 is 1.31 bits per heavy atom. The number of amides is 1. The lowest BCUT2D eigenvalue weighted by molar-refractivity contribution is -0.136. The van der Waals surface area contributed by atoms with E-state index in [1.807, 2.05) is 4.90 Å². The second-order valence-electron chi connectivity index (χ2n) is 4.28. The molecule has 0 saturated carbocycles. The summed E-state index contributed by atoms with van der Waals surface area (Å²) in [6.45, 7) is 5.15. The molecular weight excluding hydrogens is 230 g/mol. The van der Waals surface area contributed by atoms with Crippen LogP contribution in [0.3, 0.4) is 0 Å². The minimum Gasteiger partial charge on any atom is -0.378 e. The molecule has 0 radical (unpaired) electrons. The summed E-state index contributed by atoms with van der Waals surface area (Å²) < 4.78 is 5.21. The summed E-state index contributed by atoms with van der Waals surface area (Å²) in [5.41, 5.74) is 5.79. The van der Waals surface area contributed by atoms with Gasteiger partial charge in [-0.15, -0.1) is 12.4 Å². The highest BCUT2D eigenvalue weighted by molar-refractivity contribution is 5.85. The van der Waals surface area contributed by atoms with E-state index in [1.54, 1.807) is 0 Å². The molecule has 1 amide bonds. The molecule has 2 aliphatic rings. The van der Waals surface area contributed by atoms with Crippen LogP contribution in [-0.2, 0) is 9.53 Å². The second kappa shape index (κ2) is 6.39. The molecule has 16 heavy (non-hydrogen) atoms. The number of nitrogens with zero attached hydrogens (tertiary/aromatic N) is 2. The lowest BCUT2D eigenvalue weighted by Gasteiger charge is -2.28. The van der Waals surface area contributed by atoms with Crippen LogP contribution in [0.15, 0.2) is 0 Å². The third-order valence-corrected chi connectivity index (χ3v) is 3.03. The topological polar surface area (TPSA) is 58.8 Å². The third-order valence-electron chi connectivity index (χ3n) is 3.03. The van der Waals surface area contributed by atoms with Gasteiger partial charge in [-0.3, -0.25) is 9.69 Å². The van der Waals surface area contributed by atoms with Crippen molar-refractivity contribution in [3.05, 3.63) is 0 Å². The smallest absolute Gasteiger partial charge is 0.236 e. The molecule has 2 rings (SSSR count). The molecule has 2 saturated heterocycles. The van der Waals surface area contributed by atoms with Crippen LogP contribution in [0.4, 0.5) is 0 Å². The number of rotatable bonds is 2. The maximum absolute atomic E-state index is 11.8. The summed E-state index contributed by atoms with van der Waals surface area (Å²) in [6, 6.07) is 0.252. The van der Waals surface area contributed by atoms with Crippen molar-refractivity contribution in [2.75, 3.05) is 45.9 Å². The number of carbonyl (C=O) groups excluding carboxylic acids is 1. The molecule has 5 nitrogen and oxygen atoms in total. The van der Waals surface area contributed by atoms with Crippen LogP contribution in [-0.4, -0.2) is 67.7 Å². The lowest BCUT2D eigenvalue weighted by Crippen LogP contribution is -2.45. The van der Waals surface area contributed by atoms with Crippen LogP contribution in [0, 0.1) is 0 Å². The average Bonchev–Trinajstić information content (AvgIpc) is 2.65. The van der Waals surface area contributed by atoms with E-state index in [-0.39, 0.29) is 24.4 Å². The van der Waals surface area contributed by atoms with Gasteiger partial charge in [-0.25, -0.2) is 0 Å². The number of likely N-dealkylation sites (tertiary alicyclic amines) is 1. The minimum absolute atomic E-state index is 0. The van der Waals surface area contributed by atoms with E-state index in [9.17, 15) is 4.79 Å². The number of ether oxygens (including phenoxy) is 1. The predicted octanol–water partition coefficient (Wildman–Crippen LogP) is -0.700. The molecule has 0 aromatic carbocycles. The molecule has 2 fully saturated rings. The van der Waals surface area contributed by atoms with Crippen molar-refractivity contribution in [2.45, 2.75) is 12.5 Å². The van der Waals surface area contributed by atoms with Gasteiger partial charge in [0.05, 0.1) is 19.8 Å². The Hall–Kier alpha value is -0.360. The van der Waals surface area contributed by atoms with E-state index < -0.39 is 0 Å². The van der Waals surface area contributed by atoms with E-state index in [4.69, 9.17) is 10.5 Å². The Morgan fingerprint density at radius 2 is 2.00 bits per heavy atom. The average molecular weight is 250 g/mol. The van der Waals surface area contributed by atoms with Gasteiger partial charge in [0.2, 0.25) is 5.91 Å². The highest BCUT2D eigenvalue weighted by atomic mass is 35.5. The largest absolute Gasteiger partial charge is 0.378 e. The molecule has 94 valence electrons. The third kappa shape index (κ3) is 3.59. The fraction of sp³-hybridized carbons (Fsp3) is 0.900. The summed E-state index contributed by atoms with van der Waals surface area (Å²) in [4.78, 5) is 15.9. The van der Waals surface area contributed by atoms with Crippen LogP contribution < -0.4 is 5.73 Å². The van der Waals surface area contributed by atoms with Gasteiger partial charge < -0.3 is 15.4 Å². The Bertz CT molecular complexity index is 234. The summed E-state index contributed by atoms with van der Waals surface area (Å²) >= 11 is 0. The molecule has 0 aliphatic carbocycles. The Balaban J connectivity index is 0.00000128. The minimum atomic E-state index is 0. The van der Waals surface area contributed by atoms with E-state index in [0.717, 1.165) is 32.6 Å². The van der Waals surface area contributed by atoms with Crippen LogP contribution >= 0.6 is 12.4 Å². The van der Waals surface area contributed by atoms with Gasteiger partial charge in [-0.05, 0) is 6.42 Å². The molecule has 0 aromatic heterocycles. The van der Waals surface area contributed by atoms with Gasteiger partial charge in [0.25, 0.3) is 0 Å². The number of carbonyl (C=O) groups is 1. The SMILES string of the molecule is Cl.N[C@H]1CCN(CC(=O)N2CCOCC2)C1. The first-order chi connectivity index (χ1) is 7.25. The Labute approximate surface area is 102 Å². The Morgan fingerprint density at radius 3 is 2.56 bits per heavy atom. The van der Waals surface area contributed by atoms with Crippen molar-refractivity contribution in [1.82, 2.24) is 9.80 Å². The van der Waals surface area contributed by atoms with Crippen molar-refractivity contribution in [3.63, 3.8) is 0 Å². The molecule has 0 spiro atoms. The summed E-state index contributed by atoms with van der Waals surface area (Å²) in [5.74, 6) is 0.215. The molecule has 1 atom stereocenters. The fourth-order valence-corrected chi connectivity index (χ4v) is 2.11. The predicted molar refractivity (Wildman–Crippen MR) is 63.7 cm³/mol. The summed E-state index contributed by atoms with van der Waals surface area (Å²) in [7, 11) is 0. The molecule has 0 aromatic rings. The Kier molecular flexibility index (Phi) is 5.48. The van der Waals surface area contributed by atoms with Crippen LogP contribution in [0.2, 0.25) is 0 Å². The highest BCUT2D eigenvalue weighted by Crippen LogP contribution is 2.07. The molecule has 0 bridgehead atoms. The zero-order chi connectivity index (χ0) is 10.7. The molecular formula is C10H20ClN3O2. The van der Waals surface area contributed by atoms with Gasteiger partial charge in [-0.1, -0.05) is 0 Å². The first-order valence-electron chi connectivity index (χ1n) is 5.59. The van der Waals surface area contributed by atoms with E-state index >= 15 is 0 Å². The summed E-state index contributed by atoms with van der Waals surface area (Å²) in [6.07, 6.45) is 1.01. The molecule has 2 heterocycles.